The van der Waals surface area contributed by atoms with Crippen LogP contribution in [0.15, 0.2) is 47.5 Å². The monoisotopic (exact) mass is 348 g/mol. The van der Waals surface area contributed by atoms with Crippen molar-refractivity contribution in [1.29, 1.82) is 0 Å². The molecule has 128 valence electrons. The average molecular weight is 348 g/mol. The summed E-state index contributed by atoms with van der Waals surface area (Å²) in [6, 6.07) is 9.10. The van der Waals surface area contributed by atoms with Gasteiger partial charge >= 0.3 is 0 Å². The van der Waals surface area contributed by atoms with E-state index < -0.39 is 16.1 Å². The molecular formula is C16H20N4O3S. The number of aryl methyl sites for hydroxylation is 1. The summed E-state index contributed by atoms with van der Waals surface area (Å²) in [6.07, 6.45) is 2.86. The summed E-state index contributed by atoms with van der Waals surface area (Å²) < 4.78 is 29.2. The molecule has 1 aliphatic heterocycles. The number of hydrogen-bond acceptors (Lipinski definition) is 4. The number of aromatic nitrogens is 2. The highest BCUT2D eigenvalue weighted by Crippen LogP contribution is 2.22. The van der Waals surface area contributed by atoms with Crippen LogP contribution in [-0.2, 0) is 21.4 Å². The average Bonchev–Trinajstić information content (AvgIpc) is 3.06. The van der Waals surface area contributed by atoms with E-state index in [1.165, 1.54) is 12.1 Å². The molecule has 1 aromatic carbocycles. The van der Waals surface area contributed by atoms with Crippen LogP contribution in [0.5, 0.6) is 0 Å². The molecule has 0 saturated carbocycles. The summed E-state index contributed by atoms with van der Waals surface area (Å²) >= 11 is 0. The lowest BCUT2D eigenvalue weighted by atomic mass is 10.1. The van der Waals surface area contributed by atoms with Gasteiger partial charge in [0.25, 0.3) is 0 Å². The van der Waals surface area contributed by atoms with E-state index in [-0.39, 0.29) is 10.8 Å². The van der Waals surface area contributed by atoms with Crippen molar-refractivity contribution in [3.63, 3.8) is 0 Å². The topological polar surface area (TPSA) is 84.3 Å². The minimum atomic E-state index is -3.72. The second-order valence-electron chi connectivity index (χ2n) is 5.62. The van der Waals surface area contributed by atoms with E-state index in [2.05, 4.69) is 9.82 Å². The van der Waals surface area contributed by atoms with Gasteiger partial charge in [0.1, 0.15) is 11.9 Å². The maximum Gasteiger partial charge on any atom is 0.246 e. The van der Waals surface area contributed by atoms with Crippen molar-refractivity contribution in [2.75, 3.05) is 11.4 Å². The molecule has 1 atom stereocenters. The normalized spacial score (nSPS) is 18.8. The van der Waals surface area contributed by atoms with E-state index in [0.29, 0.717) is 25.3 Å². The van der Waals surface area contributed by atoms with Crippen LogP contribution >= 0.6 is 0 Å². The van der Waals surface area contributed by atoms with Crippen LogP contribution < -0.4 is 9.62 Å². The number of rotatable bonds is 5. The number of hydrogen-bond donors (Lipinski definition) is 1. The maximum atomic E-state index is 12.8. The Morgan fingerprint density at radius 2 is 2.00 bits per heavy atom. The summed E-state index contributed by atoms with van der Waals surface area (Å²) in [5, 5.41) is 4.18. The summed E-state index contributed by atoms with van der Waals surface area (Å²) in [5.41, 5.74) is 0. The Labute approximate surface area is 141 Å². The van der Waals surface area contributed by atoms with Gasteiger partial charge < -0.3 is 0 Å². The van der Waals surface area contributed by atoms with Crippen molar-refractivity contribution in [1.82, 2.24) is 14.5 Å². The number of carbonyl (C=O) groups excluding carboxylic acids is 1. The zero-order chi connectivity index (χ0) is 17.2. The number of nitrogens with zero attached hydrogens (tertiary/aromatic N) is 3. The van der Waals surface area contributed by atoms with Crippen LogP contribution in [0.3, 0.4) is 0 Å². The Balaban J connectivity index is 1.81. The first-order valence-corrected chi connectivity index (χ1v) is 9.42. The molecule has 1 aliphatic rings. The summed E-state index contributed by atoms with van der Waals surface area (Å²) in [7, 11) is -3.72. The quantitative estimate of drug-likeness (QED) is 0.885. The molecule has 3 rings (SSSR count). The van der Waals surface area contributed by atoms with E-state index in [0.717, 1.165) is 6.42 Å². The molecule has 0 aliphatic carbocycles. The van der Waals surface area contributed by atoms with Gasteiger partial charge in [-0.1, -0.05) is 18.2 Å². The van der Waals surface area contributed by atoms with Crippen molar-refractivity contribution in [2.24, 2.45) is 0 Å². The number of sulfonamides is 1. The molecule has 24 heavy (non-hydrogen) atoms. The van der Waals surface area contributed by atoms with Gasteiger partial charge in [0.2, 0.25) is 15.9 Å². The SMILES string of the molecule is CCn1nccc1N1CCC[C@H](NS(=O)(=O)c2ccccc2)C1=O. The van der Waals surface area contributed by atoms with E-state index >= 15 is 0 Å². The summed E-state index contributed by atoms with van der Waals surface area (Å²) in [6.45, 7) is 3.15. The Bertz CT molecular complexity index is 817. The zero-order valence-electron chi connectivity index (χ0n) is 13.4. The van der Waals surface area contributed by atoms with Gasteiger partial charge in [-0.3, -0.25) is 9.69 Å². The maximum absolute atomic E-state index is 12.8. The number of carbonyl (C=O) groups is 1. The molecule has 0 spiro atoms. The lowest BCUT2D eigenvalue weighted by Crippen LogP contribution is -2.52. The molecule has 2 aromatic rings. The summed E-state index contributed by atoms with van der Waals surface area (Å²) in [4.78, 5) is 14.5. The number of piperidine rings is 1. The second kappa shape index (κ2) is 6.74. The molecule has 1 amide bonds. The fourth-order valence-corrected chi connectivity index (χ4v) is 4.11. The predicted octanol–water partition coefficient (Wildman–Crippen LogP) is 1.38. The third-order valence-corrected chi connectivity index (χ3v) is 5.55. The predicted molar refractivity (Wildman–Crippen MR) is 90.0 cm³/mol. The Morgan fingerprint density at radius 1 is 1.25 bits per heavy atom. The molecule has 2 heterocycles. The van der Waals surface area contributed by atoms with Gasteiger partial charge in [0.15, 0.2) is 0 Å². The summed E-state index contributed by atoms with van der Waals surface area (Å²) in [5.74, 6) is 0.460. The van der Waals surface area contributed by atoms with Crippen LogP contribution in [0.25, 0.3) is 0 Å². The van der Waals surface area contributed by atoms with Crippen molar-refractivity contribution < 1.29 is 13.2 Å². The smallest absolute Gasteiger partial charge is 0.246 e. The lowest BCUT2D eigenvalue weighted by Gasteiger charge is -2.32. The first-order chi connectivity index (χ1) is 11.5. The first-order valence-electron chi connectivity index (χ1n) is 7.93. The fourth-order valence-electron chi connectivity index (χ4n) is 2.87. The Kier molecular flexibility index (Phi) is 4.68. The van der Waals surface area contributed by atoms with Crippen LogP contribution in [0, 0.1) is 0 Å². The van der Waals surface area contributed by atoms with Crippen molar-refractivity contribution in [2.45, 2.75) is 37.2 Å². The molecule has 1 fully saturated rings. The van der Waals surface area contributed by atoms with E-state index in [1.807, 2.05) is 6.92 Å². The molecule has 0 radical (unpaired) electrons. The molecule has 0 unspecified atom stereocenters. The molecule has 1 aromatic heterocycles. The molecule has 1 N–H and O–H groups in total. The third kappa shape index (κ3) is 3.20. The van der Waals surface area contributed by atoms with Crippen LogP contribution in [0.2, 0.25) is 0 Å². The highest BCUT2D eigenvalue weighted by atomic mass is 32.2. The minimum absolute atomic E-state index is 0.161. The van der Waals surface area contributed by atoms with Crippen molar-refractivity contribution in [3.05, 3.63) is 42.6 Å². The lowest BCUT2D eigenvalue weighted by molar-refractivity contribution is -0.121. The van der Waals surface area contributed by atoms with E-state index in [9.17, 15) is 13.2 Å². The first kappa shape index (κ1) is 16.7. The second-order valence-corrected chi connectivity index (χ2v) is 7.34. The van der Waals surface area contributed by atoms with Crippen LogP contribution in [0.4, 0.5) is 5.82 Å². The molecular weight excluding hydrogens is 328 g/mol. The van der Waals surface area contributed by atoms with Gasteiger partial charge in [0, 0.05) is 19.2 Å². The fraction of sp³-hybridized carbons (Fsp3) is 0.375. The molecule has 7 nitrogen and oxygen atoms in total. The Hall–Kier alpha value is -2.19. The highest BCUT2D eigenvalue weighted by molar-refractivity contribution is 7.89. The van der Waals surface area contributed by atoms with Crippen molar-refractivity contribution in [3.8, 4) is 0 Å². The number of amides is 1. The highest BCUT2D eigenvalue weighted by Gasteiger charge is 2.34. The third-order valence-electron chi connectivity index (χ3n) is 4.06. The van der Waals surface area contributed by atoms with E-state index in [4.69, 9.17) is 0 Å². The van der Waals surface area contributed by atoms with Crippen LogP contribution in [-0.4, -0.2) is 36.7 Å². The van der Waals surface area contributed by atoms with Crippen molar-refractivity contribution >= 4 is 21.7 Å². The van der Waals surface area contributed by atoms with E-state index in [1.54, 1.807) is 40.0 Å². The largest absolute Gasteiger partial charge is 0.296 e. The standard InChI is InChI=1S/C16H20N4O3S/c1-2-20-15(10-11-17-20)19-12-6-9-14(16(19)21)18-24(22,23)13-7-4-3-5-8-13/h3-5,7-8,10-11,14,18H,2,6,9,12H2,1H3/t14-/m0/s1. The van der Waals surface area contributed by atoms with Gasteiger partial charge in [-0.05, 0) is 31.9 Å². The number of anilines is 1. The molecule has 0 bridgehead atoms. The Morgan fingerprint density at radius 3 is 2.71 bits per heavy atom. The zero-order valence-corrected chi connectivity index (χ0v) is 14.2. The number of benzene rings is 1. The number of nitrogens with one attached hydrogen (secondary N) is 1. The van der Waals surface area contributed by atoms with Gasteiger partial charge in [-0.2, -0.15) is 9.82 Å². The van der Waals surface area contributed by atoms with Gasteiger partial charge in [-0.25, -0.2) is 13.1 Å². The van der Waals surface area contributed by atoms with Gasteiger partial charge in [-0.15, -0.1) is 0 Å². The molecule has 8 heteroatoms. The van der Waals surface area contributed by atoms with Crippen LogP contribution in [0.1, 0.15) is 19.8 Å². The molecule has 1 saturated heterocycles. The minimum Gasteiger partial charge on any atom is -0.296 e. The van der Waals surface area contributed by atoms with Gasteiger partial charge in [0.05, 0.1) is 11.1 Å².